The fourth-order valence-electron chi connectivity index (χ4n) is 2.70. The molecule has 0 saturated heterocycles. The minimum absolute atomic E-state index is 0.149. The molecule has 0 N–H and O–H groups in total. The van der Waals surface area contributed by atoms with Gasteiger partial charge in [0.25, 0.3) is 5.91 Å². The van der Waals surface area contributed by atoms with Crippen molar-refractivity contribution in [3.8, 4) is 11.1 Å². The van der Waals surface area contributed by atoms with Crippen LogP contribution in [0.1, 0.15) is 34.6 Å². The van der Waals surface area contributed by atoms with Gasteiger partial charge in [0.2, 0.25) is 11.8 Å². The Morgan fingerprint density at radius 1 is 1.12 bits per heavy atom. The van der Waals surface area contributed by atoms with E-state index in [0.717, 1.165) is 11.1 Å². The lowest BCUT2D eigenvalue weighted by Crippen LogP contribution is -2.26. The molecule has 2 aromatic carbocycles. The van der Waals surface area contributed by atoms with Crippen molar-refractivity contribution in [3.05, 3.63) is 71.2 Å². The molecule has 1 aromatic heterocycles. The van der Waals surface area contributed by atoms with Crippen molar-refractivity contribution in [1.82, 2.24) is 15.1 Å². The molecule has 6 heteroatoms. The van der Waals surface area contributed by atoms with E-state index in [1.807, 2.05) is 25.1 Å². The van der Waals surface area contributed by atoms with Crippen LogP contribution >= 0.6 is 0 Å². The zero-order valence-electron chi connectivity index (χ0n) is 15.0. The van der Waals surface area contributed by atoms with Crippen molar-refractivity contribution in [2.75, 3.05) is 7.05 Å². The Bertz CT molecular complexity index is 919. The molecule has 0 radical (unpaired) electrons. The first-order chi connectivity index (χ1) is 12.5. The molecular formula is C20H20FN3O2. The molecule has 26 heavy (non-hydrogen) atoms. The highest BCUT2D eigenvalue weighted by Crippen LogP contribution is 2.25. The number of nitrogens with zero attached hydrogens (tertiary/aromatic N) is 3. The Balaban J connectivity index is 1.75. The Labute approximate surface area is 151 Å². The lowest BCUT2D eigenvalue weighted by atomic mass is 9.99. The molecule has 0 unspecified atom stereocenters. The molecule has 0 saturated carbocycles. The van der Waals surface area contributed by atoms with Crippen LogP contribution in [-0.4, -0.2) is 28.1 Å². The normalized spacial score (nSPS) is 10.8. The maximum absolute atomic E-state index is 13.7. The molecule has 5 nitrogen and oxygen atoms in total. The van der Waals surface area contributed by atoms with Gasteiger partial charge in [-0.05, 0) is 41.8 Å². The van der Waals surface area contributed by atoms with Crippen LogP contribution in [0, 0.1) is 12.7 Å². The molecule has 0 bridgehead atoms. The summed E-state index contributed by atoms with van der Waals surface area (Å²) in [7, 11) is 1.68. The van der Waals surface area contributed by atoms with E-state index in [0.29, 0.717) is 29.3 Å². The zero-order chi connectivity index (χ0) is 18.7. The number of rotatable bonds is 5. The van der Waals surface area contributed by atoms with Crippen molar-refractivity contribution >= 4 is 5.91 Å². The largest absolute Gasteiger partial charge is 0.423 e. The molecule has 134 valence electrons. The van der Waals surface area contributed by atoms with E-state index in [1.165, 1.54) is 11.0 Å². The highest BCUT2D eigenvalue weighted by Gasteiger charge is 2.15. The van der Waals surface area contributed by atoms with Crippen LogP contribution in [0.5, 0.6) is 0 Å². The van der Waals surface area contributed by atoms with Gasteiger partial charge in [-0.15, -0.1) is 10.2 Å². The summed E-state index contributed by atoms with van der Waals surface area (Å²) >= 11 is 0. The van der Waals surface area contributed by atoms with Crippen molar-refractivity contribution in [3.63, 3.8) is 0 Å². The first kappa shape index (κ1) is 17.8. The Hall–Kier alpha value is -3.02. The molecule has 0 fully saturated rings. The first-order valence-electron chi connectivity index (χ1n) is 8.42. The van der Waals surface area contributed by atoms with Gasteiger partial charge in [0, 0.05) is 19.0 Å². The molecule has 0 aliphatic rings. The van der Waals surface area contributed by atoms with Crippen LogP contribution in [0.15, 0.2) is 46.9 Å². The molecule has 1 amide bonds. The molecule has 3 aromatic rings. The first-order valence-corrected chi connectivity index (χ1v) is 8.42. The number of halogens is 1. The lowest BCUT2D eigenvalue weighted by molar-refractivity contribution is 0.0772. The minimum atomic E-state index is -0.242. The van der Waals surface area contributed by atoms with Crippen molar-refractivity contribution in [2.24, 2.45) is 0 Å². The molecular weight excluding hydrogens is 333 g/mol. The Morgan fingerprint density at radius 3 is 2.46 bits per heavy atom. The second-order valence-corrected chi connectivity index (χ2v) is 6.09. The highest BCUT2D eigenvalue weighted by atomic mass is 19.1. The van der Waals surface area contributed by atoms with E-state index in [4.69, 9.17) is 4.42 Å². The third kappa shape index (κ3) is 3.64. The zero-order valence-corrected chi connectivity index (χ0v) is 15.0. The fourth-order valence-corrected chi connectivity index (χ4v) is 2.70. The molecule has 0 aliphatic heterocycles. The van der Waals surface area contributed by atoms with Gasteiger partial charge in [0.05, 0.1) is 6.54 Å². The van der Waals surface area contributed by atoms with Crippen LogP contribution in [0.4, 0.5) is 4.39 Å². The molecule has 0 aliphatic carbocycles. The van der Waals surface area contributed by atoms with Crippen LogP contribution in [0.25, 0.3) is 11.1 Å². The SMILES string of the molecule is CCc1nnc(CN(C)C(=O)c2ccc(-c3cccc(F)c3C)cc2)o1. The summed E-state index contributed by atoms with van der Waals surface area (Å²) < 4.78 is 19.2. The van der Waals surface area contributed by atoms with E-state index in [9.17, 15) is 9.18 Å². The lowest BCUT2D eigenvalue weighted by Gasteiger charge is -2.15. The number of carbonyl (C=O) groups excluding carboxylic acids is 1. The van der Waals surface area contributed by atoms with E-state index >= 15 is 0 Å². The fraction of sp³-hybridized carbons (Fsp3) is 0.250. The predicted octanol–water partition coefficient (Wildman–Crippen LogP) is 4.02. The molecule has 3 rings (SSSR count). The number of aromatic nitrogens is 2. The van der Waals surface area contributed by atoms with E-state index in [-0.39, 0.29) is 18.3 Å². The number of benzene rings is 2. The summed E-state index contributed by atoms with van der Waals surface area (Å²) in [5.41, 5.74) is 2.81. The van der Waals surface area contributed by atoms with Gasteiger partial charge in [-0.3, -0.25) is 4.79 Å². The summed E-state index contributed by atoms with van der Waals surface area (Å²) in [6.45, 7) is 3.91. The van der Waals surface area contributed by atoms with E-state index in [1.54, 1.807) is 32.2 Å². The summed E-state index contributed by atoms with van der Waals surface area (Å²) in [5.74, 6) is 0.567. The van der Waals surface area contributed by atoms with Crippen molar-refractivity contribution in [2.45, 2.75) is 26.8 Å². The molecule has 0 spiro atoms. The summed E-state index contributed by atoms with van der Waals surface area (Å²) in [6.07, 6.45) is 0.658. The summed E-state index contributed by atoms with van der Waals surface area (Å²) in [4.78, 5) is 14.1. The van der Waals surface area contributed by atoms with Crippen LogP contribution in [0.2, 0.25) is 0 Å². The number of carbonyl (C=O) groups is 1. The average molecular weight is 353 g/mol. The number of hydrogen-bond acceptors (Lipinski definition) is 4. The van der Waals surface area contributed by atoms with Gasteiger partial charge in [-0.25, -0.2) is 4.39 Å². The predicted molar refractivity (Wildman–Crippen MR) is 96.0 cm³/mol. The smallest absolute Gasteiger partial charge is 0.254 e. The van der Waals surface area contributed by atoms with Gasteiger partial charge in [-0.1, -0.05) is 31.2 Å². The Morgan fingerprint density at radius 2 is 1.81 bits per heavy atom. The van der Waals surface area contributed by atoms with Gasteiger partial charge >= 0.3 is 0 Å². The quantitative estimate of drug-likeness (QED) is 0.695. The van der Waals surface area contributed by atoms with Crippen molar-refractivity contribution in [1.29, 1.82) is 0 Å². The summed E-state index contributed by atoms with van der Waals surface area (Å²) in [5, 5.41) is 7.82. The maximum atomic E-state index is 13.7. The van der Waals surface area contributed by atoms with Gasteiger partial charge in [-0.2, -0.15) is 0 Å². The third-order valence-electron chi connectivity index (χ3n) is 4.24. The number of hydrogen-bond donors (Lipinski definition) is 0. The van der Waals surface area contributed by atoms with E-state index < -0.39 is 0 Å². The monoisotopic (exact) mass is 353 g/mol. The second kappa shape index (κ2) is 7.47. The molecule has 1 heterocycles. The topological polar surface area (TPSA) is 59.2 Å². The van der Waals surface area contributed by atoms with Crippen LogP contribution < -0.4 is 0 Å². The third-order valence-corrected chi connectivity index (χ3v) is 4.24. The summed E-state index contributed by atoms with van der Waals surface area (Å²) in [6, 6.07) is 12.1. The van der Waals surface area contributed by atoms with Crippen LogP contribution in [-0.2, 0) is 13.0 Å². The highest BCUT2D eigenvalue weighted by molar-refractivity contribution is 5.94. The average Bonchev–Trinajstić information content (AvgIpc) is 3.11. The number of amides is 1. The van der Waals surface area contributed by atoms with E-state index in [2.05, 4.69) is 10.2 Å². The minimum Gasteiger partial charge on any atom is -0.423 e. The maximum Gasteiger partial charge on any atom is 0.254 e. The molecule has 0 atom stereocenters. The Kier molecular flexibility index (Phi) is 5.11. The standard InChI is InChI=1S/C20H20FN3O2/c1-4-18-22-23-19(26-18)12-24(3)20(25)15-10-8-14(9-11-15)16-6-5-7-17(21)13(16)2/h5-11H,4,12H2,1-3H3. The van der Waals surface area contributed by atoms with Crippen LogP contribution in [0.3, 0.4) is 0 Å². The van der Waals surface area contributed by atoms with Crippen molar-refractivity contribution < 1.29 is 13.6 Å². The van der Waals surface area contributed by atoms with Gasteiger partial charge in [0.1, 0.15) is 5.82 Å². The number of aryl methyl sites for hydroxylation is 1. The second-order valence-electron chi connectivity index (χ2n) is 6.09. The van der Waals surface area contributed by atoms with Gasteiger partial charge < -0.3 is 9.32 Å². The van der Waals surface area contributed by atoms with Gasteiger partial charge in [0.15, 0.2) is 0 Å².